The van der Waals surface area contributed by atoms with Gasteiger partial charge in [0.1, 0.15) is 12.6 Å². The SMILES string of the molecule is Cl.NCC(=O)N[C@H]1CC(=O)N(CC(=O)O)C1=O. The molecule has 0 aromatic carbocycles. The smallest absolute Gasteiger partial charge is 0.323 e. The van der Waals surface area contributed by atoms with Crippen LogP contribution in [0.25, 0.3) is 0 Å². The molecule has 0 spiro atoms. The summed E-state index contributed by atoms with van der Waals surface area (Å²) >= 11 is 0. The molecule has 1 atom stereocenters. The molecular weight excluding hydrogens is 254 g/mol. The van der Waals surface area contributed by atoms with E-state index in [0.717, 1.165) is 0 Å². The number of likely N-dealkylation sites (tertiary alicyclic amines) is 1. The number of nitrogens with two attached hydrogens (primary N) is 1. The third-order valence-corrected chi connectivity index (χ3v) is 2.06. The lowest BCUT2D eigenvalue weighted by molar-refractivity contribution is -0.148. The summed E-state index contributed by atoms with van der Waals surface area (Å²) in [6.07, 6.45) is -0.224. The van der Waals surface area contributed by atoms with E-state index in [2.05, 4.69) is 5.32 Å². The van der Waals surface area contributed by atoms with Crippen molar-refractivity contribution in [1.29, 1.82) is 0 Å². The van der Waals surface area contributed by atoms with Crippen LogP contribution < -0.4 is 11.1 Å². The standard InChI is InChI=1S/C8H11N3O5.ClH/c9-2-5(12)10-4-1-6(13)11(8(4)16)3-7(14)15;/h4H,1-3,9H2,(H,10,12)(H,14,15);1H/t4-;/m0./s1. The zero-order chi connectivity index (χ0) is 12.3. The normalized spacial score (nSPS) is 18.9. The molecular formula is C8H12ClN3O5. The Balaban J connectivity index is 0.00000256. The number of imide groups is 1. The van der Waals surface area contributed by atoms with E-state index >= 15 is 0 Å². The lowest BCUT2D eigenvalue weighted by Gasteiger charge is -2.12. The first kappa shape index (κ1) is 15.3. The van der Waals surface area contributed by atoms with Gasteiger partial charge in [0.05, 0.1) is 13.0 Å². The fraction of sp³-hybridized carbons (Fsp3) is 0.500. The first-order valence-electron chi connectivity index (χ1n) is 4.51. The van der Waals surface area contributed by atoms with Gasteiger partial charge in [0.15, 0.2) is 0 Å². The first-order valence-corrected chi connectivity index (χ1v) is 4.51. The number of carboxylic acid groups (broad SMARTS) is 1. The van der Waals surface area contributed by atoms with Gasteiger partial charge in [0, 0.05) is 0 Å². The predicted molar refractivity (Wildman–Crippen MR) is 57.2 cm³/mol. The van der Waals surface area contributed by atoms with E-state index in [1.165, 1.54) is 0 Å². The molecule has 0 aromatic rings. The second kappa shape index (κ2) is 6.16. The summed E-state index contributed by atoms with van der Waals surface area (Å²) in [6.45, 7) is -0.983. The number of nitrogens with one attached hydrogen (secondary N) is 1. The van der Waals surface area contributed by atoms with E-state index in [1.54, 1.807) is 0 Å². The minimum atomic E-state index is -1.28. The van der Waals surface area contributed by atoms with Crippen LogP contribution in [-0.4, -0.2) is 52.8 Å². The molecule has 0 aliphatic carbocycles. The molecule has 96 valence electrons. The Morgan fingerprint density at radius 1 is 1.47 bits per heavy atom. The average Bonchev–Trinajstić information content (AvgIpc) is 2.45. The van der Waals surface area contributed by atoms with Crippen molar-refractivity contribution >= 4 is 36.1 Å². The van der Waals surface area contributed by atoms with Crippen molar-refractivity contribution in [2.75, 3.05) is 13.1 Å². The van der Waals surface area contributed by atoms with Crippen LogP contribution in [0.15, 0.2) is 0 Å². The fourth-order valence-electron chi connectivity index (χ4n) is 1.35. The molecule has 1 heterocycles. The van der Waals surface area contributed by atoms with Crippen LogP contribution >= 0.6 is 12.4 Å². The molecule has 17 heavy (non-hydrogen) atoms. The van der Waals surface area contributed by atoms with Gasteiger partial charge < -0.3 is 16.2 Å². The fourth-order valence-corrected chi connectivity index (χ4v) is 1.35. The molecule has 4 N–H and O–H groups in total. The second-order valence-electron chi connectivity index (χ2n) is 3.24. The maximum atomic E-state index is 11.5. The van der Waals surface area contributed by atoms with Gasteiger partial charge in [-0.1, -0.05) is 0 Å². The highest BCUT2D eigenvalue weighted by molar-refractivity contribution is 6.08. The number of carbonyl (C=O) groups is 4. The van der Waals surface area contributed by atoms with Crippen molar-refractivity contribution < 1.29 is 24.3 Å². The average molecular weight is 266 g/mol. The van der Waals surface area contributed by atoms with Crippen LogP contribution in [0.4, 0.5) is 0 Å². The highest BCUT2D eigenvalue weighted by Crippen LogP contribution is 2.12. The molecule has 1 aliphatic heterocycles. The number of amides is 3. The maximum absolute atomic E-state index is 11.5. The molecule has 1 rings (SSSR count). The predicted octanol–water partition coefficient (Wildman–Crippen LogP) is -2.30. The number of hydrogen-bond donors (Lipinski definition) is 3. The van der Waals surface area contributed by atoms with Crippen molar-refractivity contribution in [2.45, 2.75) is 12.5 Å². The lowest BCUT2D eigenvalue weighted by Crippen LogP contribution is -2.44. The van der Waals surface area contributed by atoms with Crippen LogP contribution in [0.2, 0.25) is 0 Å². The van der Waals surface area contributed by atoms with Gasteiger partial charge in [0.25, 0.3) is 5.91 Å². The van der Waals surface area contributed by atoms with Crippen LogP contribution in [0, 0.1) is 0 Å². The first-order chi connectivity index (χ1) is 7.45. The molecule has 0 unspecified atom stereocenters. The van der Waals surface area contributed by atoms with E-state index < -0.39 is 36.3 Å². The van der Waals surface area contributed by atoms with Crippen molar-refractivity contribution in [1.82, 2.24) is 10.2 Å². The Labute approximate surface area is 103 Å². The molecule has 1 aliphatic rings. The van der Waals surface area contributed by atoms with Crippen molar-refractivity contribution in [3.63, 3.8) is 0 Å². The lowest BCUT2D eigenvalue weighted by atomic mass is 10.2. The number of rotatable bonds is 4. The number of nitrogens with zero attached hydrogens (tertiary/aromatic N) is 1. The number of aliphatic carboxylic acids is 1. The van der Waals surface area contributed by atoms with E-state index in [0.29, 0.717) is 4.90 Å². The quantitative estimate of drug-likeness (QED) is 0.490. The number of halogens is 1. The van der Waals surface area contributed by atoms with Crippen LogP contribution in [0.3, 0.4) is 0 Å². The van der Waals surface area contributed by atoms with Gasteiger partial charge in [0.2, 0.25) is 11.8 Å². The monoisotopic (exact) mass is 265 g/mol. The molecule has 1 fully saturated rings. The summed E-state index contributed by atoms with van der Waals surface area (Å²) in [5.74, 6) is -3.18. The van der Waals surface area contributed by atoms with Crippen molar-refractivity contribution in [3.05, 3.63) is 0 Å². The summed E-state index contributed by atoms with van der Waals surface area (Å²) in [5.41, 5.74) is 5.03. The minimum Gasteiger partial charge on any atom is -0.480 e. The van der Waals surface area contributed by atoms with Gasteiger partial charge in [-0.2, -0.15) is 0 Å². The Bertz CT molecular complexity index is 359. The summed E-state index contributed by atoms with van der Waals surface area (Å²) in [4.78, 5) is 44.6. The summed E-state index contributed by atoms with van der Waals surface area (Å²) < 4.78 is 0. The molecule has 3 amide bonds. The van der Waals surface area contributed by atoms with E-state index in [1.807, 2.05) is 0 Å². The topological polar surface area (TPSA) is 130 Å². The van der Waals surface area contributed by atoms with E-state index in [-0.39, 0.29) is 25.4 Å². The number of carboxylic acids is 1. The number of hydrogen-bond acceptors (Lipinski definition) is 5. The van der Waals surface area contributed by atoms with E-state index in [4.69, 9.17) is 10.8 Å². The molecule has 9 heteroatoms. The highest BCUT2D eigenvalue weighted by Gasteiger charge is 2.40. The third-order valence-electron chi connectivity index (χ3n) is 2.06. The Morgan fingerprint density at radius 3 is 2.53 bits per heavy atom. The molecule has 0 bridgehead atoms. The molecule has 0 saturated carbocycles. The highest BCUT2D eigenvalue weighted by atomic mass is 35.5. The largest absolute Gasteiger partial charge is 0.480 e. The van der Waals surface area contributed by atoms with Gasteiger partial charge in [-0.15, -0.1) is 12.4 Å². The summed E-state index contributed by atoms with van der Waals surface area (Å²) in [7, 11) is 0. The number of carbonyl (C=O) groups excluding carboxylic acids is 3. The van der Waals surface area contributed by atoms with Gasteiger partial charge in [-0.05, 0) is 0 Å². The Hall–Kier alpha value is -1.67. The van der Waals surface area contributed by atoms with Gasteiger partial charge in [-0.3, -0.25) is 24.1 Å². The van der Waals surface area contributed by atoms with Gasteiger partial charge >= 0.3 is 5.97 Å². The minimum absolute atomic E-state index is 0. The Morgan fingerprint density at radius 2 is 2.06 bits per heavy atom. The van der Waals surface area contributed by atoms with Crippen LogP contribution in [-0.2, 0) is 19.2 Å². The Kier molecular flexibility index (Phi) is 5.56. The molecule has 0 radical (unpaired) electrons. The second-order valence-corrected chi connectivity index (χ2v) is 3.24. The van der Waals surface area contributed by atoms with Gasteiger partial charge in [-0.25, -0.2) is 0 Å². The van der Waals surface area contributed by atoms with Crippen molar-refractivity contribution in [3.8, 4) is 0 Å². The molecule has 8 nitrogen and oxygen atoms in total. The summed E-state index contributed by atoms with van der Waals surface area (Å²) in [5, 5.41) is 10.7. The molecule has 1 saturated heterocycles. The van der Waals surface area contributed by atoms with Crippen LogP contribution in [0.1, 0.15) is 6.42 Å². The molecule has 0 aromatic heterocycles. The summed E-state index contributed by atoms with van der Waals surface area (Å²) in [6, 6.07) is -0.997. The zero-order valence-corrected chi connectivity index (χ0v) is 9.53. The maximum Gasteiger partial charge on any atom is 0.323 e. The van der Waals surface area contributed by atoms with Crippen molar-refractivity contribution in [2.24, 2.45) is 5.73 Å². The van der Waals surface area contributed by atoms with Crippen LogP contribution in [0.5, 0.6) is 0 Å². The third kappa shape index (κ3) is 3.68. The van der Waals surface area contributed by atoms with E-state index in [9.17, 15) is 19.2 Å². The zero-order valence-electron chi connectivity index (χ0n) is 8.71.